The number of rotatable bonds is 4. The number of aryl methyl sites for hydroxylation is 3. The number of anilines is 1. The summed E-state index contributed by atoms with van der Waals surface area (Å²) in [5.74, 6) is -0.593. The number of ether oxygens (including phenoxy) is 1. The monoisotopic (exact) mass is 425 g/mol. The predicted molar refractivity (Wildman–Crippen MR) is 118 cm³/mol. The van der Waals surface area contributed by atoms with Gasteiger partial charge >= 0.3 is 0 Å². The molecule has 2 heterocycles. The van der Waals surface area contributed by atoms with Crippen molar-refractivity contribution in [3.63, 3.8) is 0 Å². The van der Waals surface area contributed by atoms with Crippen molar-refractivity contribution < 1.29 is 14.3 Å². The number of benzene rings is 2. The van der Waals surface area contributed by atoms with Crippen LogP contribution in [0.2, 0.25) is 5.02 Å². The third-order valence-electron chi connectivity index (χ3n) is 5.60. The molecule has 156 valence electrons. The third-order valence-corrected chi connectivity index (χ3v) is 5.84. The number of aromatic amines is 1. The largest absolute Gasteiger partial charge is 0.466 e. The van der Waals surface area contributed by atoms with E-state index in [0.29, 0.717) is 29.4 Å². The lowest BCUT2D eigenvalue weighted by atomic mass is 10.0. The van der Waals surface area contributed by atoms with E-state index < -0.39 is 17.4 Å². The SMILES string of the molecule is Cc1cc(C)c2[nH]c(C)c(CCNC(=O)C3(C)Oc4ccc(Cl)cc4NC3=O)c2c1. The fraction of sp³-hybridized carbons (Fsp3) is 0.304. The van der Waals surface area contributed by atoms with Gasteiger partial charge in [-0.15, -0.1) is 0 Å². The van der Waals surface area contributed by atoms with Crippen molar-refractivity contribution >= 4 is 40.0 Å². The molecular formula is C23H24ClN3O3. The van der Waals surface area contributed by atoms with Gasteiger partial charge in [0.1, 0.15) is 5.75 Å². The molecule has 0 saturated heterocycles. The van der Waals surface area contributed by atoms with Crippen LogP contribution in [0.25, 0.3) is 10.9 Å². The molecule has 30 heavy (non-hydrogen) atoms. The molecule has 0 fully saturated rings. The Kier molecular flexibility index (Phi) is 4.98. The number of carbonyl (C=O) groups is 2. The molecule has 3 aromatic rings. The van der Waals surface area contributed by atoms with E-state index in [4.69, 9.17) is 16.3 Å². The summed E-state index contributed by atoms with van der Waals surface area (Å²) < 4.78 is 5.77. The van der Waals surface area contributed by atoms with Crippen molar-refractivity contribution in [1.82, 2.24) is 10.3 Å². The summed E-state index contributed by atoms with van der Waals surface area (Å²) in [5.41, 5.74) is 4.57. The summed E-state index contributed by atoms with van der Waals surface area (Å²) in [6.45, 7) is 8.05. The average Bonchev–Trinajstić information content (AvgIpc) is 2.99. The average molecular weight is 426 g/mol. The van der Waals surface area contributed by atoms with Gasteiger partial charge in [0.15, 0.2) is 0 Å². The van der Waals surface area contributed by atoms with Crippen LogP contribution in [-0.4, -0.2) is 28.9 Å². The Morgan fingerprint density at radius 1 is 1.20 bits per heavy atom. The van der Waals surface area contributed by atoms with Crippen LogP contribution < -0.4 is 15.4 Å². The molecule has 0 spiro atoms. The first kappa shape index (κ1) is 20.3. The predicted octanol–water partition coefficient (Wildman–Crippen LogP) is 4.20. The molecule has 6 nitrogen and oxygen atoms in total. The maximum Gasteiger partial charge on any atom is 0.278 e. The van der Waals surface area contributed by atoms with Crippen LogP contribution in [-0.2, 0) is 16.0 Å². The van der Waals surface area contributed by atoms with Gasteiger partial charge in [-0.3, -0.25) is 9.59 Å². The Hall–Kier alpha value is -2.99. The summed E-state index contributed by atoms with van der Waals surface area (Å²) >= 11 is 5.96. The molecule has 2 aromatic carbocycles. The lowest BCUT2D eigenvalue weighted by molar-refractivity contribution is -0.146. The highest BCUT2D eigenvalue weighted by Gasteiger charge is 2.47. The molecular weight excluding hydrogens is 402 g/mol. The molecule has 0 bridgehead atoms. The van der Waals surface area contributed by atoms with Crippen LogP contribution in [0.5, 0.6) is 5.75 Å². The van der Waals surface area contributed by atoms with Crippen LogP contribution in [0.4, 0.5) is 5.69 Å². The van der Waals surface area contributed by atoms with Crippen molar-refractivity contribution in [3.8, 4) is 5.75 Å². The van der Waals surface area contributed by atoms with Gasteiger partial charge in [-0.2, -0.15) is 0 Å². The van der Waals surface area contributed by atoms with E-state index in [1.165, 1.54) is 23.4 Å². The number of aromatic nitrogens is 1. The molecule has 0 saturated carbocycles. The van der Waals surface area contributed by atoms with E-state index >= 15 is 0 Å². The minimum Gasteiger partial charge on any atom is -0.466 e. The Bertz CT molecular complexity index is 1180. The topological polar surface area (TPSA) is 83.2 Å². The number of nitrogens with one attached hydrogen (secondary N) is 3. The van der Waals surface area contributed by atoms with Gasteiger partial charge in [-0.25, -0.2) is 0 Å². The number of hydrogen-bond donors (Lipinski definition) is 3. The van der Waals surface area contributed by atoms with E-state index in [9.17, 15) is 9.59 Å². The van der Waals surface area contributed by atoms with Gasteiger partial charge in [0.2, 0.25) is 0 Å². The van der Waals surface area contributed by atoms with Gasteiger partial charge in [0, 0.05) is 28.2 Å². The van der Waals surface area contributed by atoms with Crippen molar-refractivity contribution in [1.29, 1.82) is 0 Å². The Morgan fingerprint density at radius 3 is 2.73 bits per heavy atom. The van der Waals surface area contributed by atoms with Crippen molar-refractivity contribution in [2.45, 2.75) is 39.7 Å². The van der Waals surface area contributed by atoms with Crippen LogP contribution in [0, 0.1) is 20.8 Å². The maximum absolute atomic E-state index is 12.9. The molecule has 2 amide bonds. The first-order valence-corrected chi connectivity index (χ1v) is 10.2. The smallest absolute Gasteiger partial charge is 0.278 e. The second-order valence-electron chi connectivity index (χ2n) is 7.97. The molecule has 1 aliphatic rings. The van der Waals surface area contributed by atoms with Gasteiger partial charge in [0.25, 0.3) is 17.4 Å². The zero-order chi connectivity index (χ0) is 21.6. The number of halogens is 1. The zero-order valence-electron chi connectivity index (χ0n) is 17.4. The number of carbonyl (C=O) groups excluding carboxylic acids is 2. The Morgan fingerprint density at radius 2 is 1.97 bits per heavy atom. The number of H-pyrrole nitrogens is 1. The standard InChI is InChI=1S/C23H24ClN3O3/c1-12-9-13(2)20-17(10-12)16(14(3)26-20)7-8-25-21(28)23(4)22(29)27-18-11-15(24)5-6-19(18)30-23/h5-6,9-11,26H,7-8H2,1-4H3,(H,25,28)(H,27,29). The lowest BCUT2D eigenvalue weighted by Crippen LogP contribution is -2.58. The molecule has 7 heteroatoms. The molecule has 1 unspecified atom stereocenters. The molecule has 1 aliphatic heterocycles. The van der Waals surface area contributed by atoms with E-state index in [0.717, 1.165) is 16.8 Å². The van der Waals surface area contributed by atoms with Crippen LogP contribution >= 0.6 is 11.6 Å². The summed E-state index contributed by atoms with van der Waals surface area (Å²) in [6.07, 6.45) is 0.643. The van der Waals surface area contributed by atoms with Crippen molar-refractivity contribution in [2.24, 2.45) is 0 Å². The molecule has 4 rings (SSSR count). The lowest BCUT2D eigenvalue weighted by Gasteiger charge is -2.33. The van der Waals surface area contributed by atoms with Gasteiger partial charge in [0.05, 0.1) is 5.69 Å². The van der Waals surface area contributed by atoms with Gasteiger partial charge in [-0.1, -0.05) is 23.2 Å². The van der Waals surface area contributed by atoms with Crippen LogP contribution in [0.1, 0.15) is 29.3 Å². The second-order valence-corrected chi connectivity index (χ2v) is 8.41. The minimum atomic E-state index is -1.65. The van der Waals surface area contributed by atoms with Gasteiger partial charge in [-0.05, 0) is 69.5 Å². The highest BCUT2D eigenvalue weighted by molar-refractivity contribution is 6.31. The maximum atomic E-state index is 12.9. The Balaban J connectivity index is 1.49. The number of amides is 2. The quantitative estimate of drug-likeness (QED) is 0.548. The zero-order valence-corrected chi connectivity index (χ0v) is 18.2. The van der Waals surface area contributed by atoms with Crippen molar-refractivity contribution in [2.75, 3.05) is 11.9 Å². The molecule has 0 aliphatic carbocycles. The normalized spacial score (nSPS) is 18.0. The highest BCUT2D eigenvalue weighted by atomic mass is 35.5. The van der Waals surface area contributed by atoms with E-state index in [-0.39, 0.29) is 0 Å². The molecule has 1 aromatic heterocycles. The molecule has 0 radical (unpaired) electrons. The number of fused-ring (bicyclic) bond motifs is 2. The first-order chi connectivity index (χ1) is 14.2. The fourth-order valence-corrected chi connectivity index (χ4v) is 4.15. The van der Waals surface area contributed by atoms with E-state index in [1.807, 2.05) is 6.92 Å². The Labute approximate surface area is 179 Å². The third kappa shape index (κ3) is 3.41. The van der Waals surface area contributed by atoms with Crippen molar-refractivity contribution in [3.05, 3.63) is 57.7 Å². The fourth-order valence-electron chi connectivity index (χ4n) is 3.97. The first-order valence-electron chi connectivity index (χ1n) is 9.86. The molecule has 1 atom stereocenters. The van der Waals surface area contributed by atoms with Gasteiger partial charge < -0.3 is 20.4 Å². The summed E-state index contributed by atoms with van der Waals surface area (Å²) in [6, 6.07) is 9.19. The molecule has 3 N–H and O–H groups in total. The van der Waals surface area contributed by atoms with E-state index in [2.05, 4.69) is 41.6 Å². The summed E-state index contributed by atoms with van der Waals surface area (Å²) in [5, 5.41) is 7.21. The minimum absolute atomic E-state index is 0.388. The summed E-state index contributed by atoms with van der Waals surface area (Å²) in [7, 11) is 0. The van der Waals surface area contributed by atoms with E-state index in [1.54, 1.807) is 18.2 Å². The van der Waals surface area contributed by atoms with Crippen LogP contribution in [0.3, 0.4) is 0 Å². The number of hydrogen-bond acceptors (Lipinski definition) is 3. The second kappa shape index (κ2) is 7.36. The highest BCUT2D eigenvalue weighted by Crippen LogP contribution is 2.35. The summed E-state index contributed by atoms with van der Waals surface area (Å²) in [4.78, 5) is 28.9. The van der Waals surface area contributed by atoms with Crippen LogP contribution in [0.15, 0.2) is 30.3 Å².